The maximum Gasteiger partial charge on any atom is 0.264 e. The summed E-state index contributed by atoms with van der Waals surface area (Å²) >= 11 is 0. The average molecular weight is 377 g/mol. The number of H-pyrrole nitrogens is 1. The Bertz CT molecular complexity index is 1080. The van der Waals surface area contributed by atoms with E-state index in [9.17, 15) is 9.59 Å². The number of hydrogen-bond donors (Lipinski definition) is 2. The lowest BCUT2D eigenvalue weighted by Crippen LogP contribution is -2.25. The molecule has 3 heterocycles. The number of rotatable bonds is 2. The Morgan fingerprint density at radius 1 is 1.07 bits per heavy atom. The van der Waals surface area contributed by atoms with Crippen molar-refractivity contribution in [2.24, 2.45) is 0 Å². The van der Waals surface area contributed by atoms with Crippen LogP contribution in [0.2, 0.25) is 0 Å². The van der Waals surface area contributed by atoms with E-state index in [0.717, 1.165) is 16.8 Å². The number of aryl methyl sites for hydroxylation is 1. The number of nitrogens with zero attached hydrogens (tertiary/aromatic N) is 3. The second-order valence-corrected chi connectivity index (χ2v) is 8.22. The van der Waals surface area contributed by atoms with Gasteiger partial charge in [-0.1, -0.05) is 45.0 Å². The van der Waals surface area contributed by atoms with Gasteiger partial charge < -0.3 is 5.32 Å². The van der Waals surface area contributed by atoms with Gasteiger partial charge in [0.1, 0.15) is 5.82 Å². The van der Waals surface area contributed by atoms with Gasteiger partial charge in [0.2, 0.25) is 5.91 Å². The summed E-state index contributed by atoms with van der Waals surface area (Å²) in [7, 11) is 0. The molecule has 1 unspecified atom stereocenters. The van der Waals surface area contributed by atoms with Crippen LogP contribution in [0.4, 0.5) is 5.82 Å². The molecular weight excluding hydrogens is 354 g/mol. The van der Waals surface area contributed by atoms with E-state index in [-0.39, 0.29) is 22.8 Å². The zero-order chi connectivity index (χ0) is 20.1. The summed E-state index contributed by atoms with van der Waals surface area (Å²) in [5, 5.41) is 14.0. The highest BCUT2D eigenvalue weighted by molar-refractivity contribution is 5.95. The van der Waals surface area contributed by atoms with Crippen LogP contribution < -0.4 is 10.9 Å². The van der Waals surface area contributed by atoms with Crippen LogP contribution in [0.1, 0.15) is 55.5 Å². The van der Waals surface area contributed by atoms with Crippen LogP contribution in [0.25, 0.3) is 5.82 Å². The number of nitrogens with one attached hydrogen (secondary N) is 2. The Morgan fingerprint density at radius 3 is 2.39 bits per heavy atom. The molecule has 1 aliphatic rings. The highest BCUT2D eigenvalue weighted by atomic mass is 16.1. The van der Waals surface area contributed by atoms with E-state index in [0.29, 0.717) is 18.1 Å². The minimum Gasteiger partial charge on any atom is -0.310 e. The first kappa shape index (κ1) is 18.2. The van der Waals surface area contributed by atoms with Crippen LogP contribution in [0.3, 0.4) is 0 Å². The van der Waals surface area contributed by atoms with Gasteiger partial charge in [-0.2, -0.15) is 14.9 Å². The predicted octanol–water partition coefficient (Wildman–Crippen LogP) is 3.04. The van der Waals surface area contributed by atoms with E-state index in [1.54, 1.807) is 10.7 Å². The zero-order valence-corrected chi connectivity index (χ0v) is 16.4. The van der Waals surface area contributed by atoms with E-state index >= 15 is 0 Å². The van der Waals surface area contributed by atoms with Gasteiger partial charge >= 0.3 is 0 Å². The molecule has 0 bridgehead atoms. The first-order chi connectivity index (χ1) is 13.2. The summed E-state index contributed by atoms with van der Waals surface area (Å²) in [6.07, 6.45) is 0.369. The molecule has 7 nitrogen and oxygen atoms in total. The molecule has 2 N–H and O–H groups in total. The average Bonchev–Trinajstić information content (AvgIpc) is 2.97. The van der Waals surface area contributed by atoms with Gasteiger partial charge in [0.05, 0.1) is 5.69 Å². The molecule has 144 valence electrons. The number of carbonyl (C=O) groups excluding carboxylic acids is 1. The maximum atomic E-state index is 12.5. The normalized spacial score (nSPS) is 16.6. The van der Waals surface area contributed by atoms with Crippen molar-refractivity contribution in [2.45, 2.75) is 45.4 Å². The van der Waals surface area contributed by atoms with Crippen molar-refractivity contribution in [3.63, 3.8) is 0 Å². The number of aromatic nitrogens is 4. The largest absolute Gasteiger partial charge is 0.310 e. The molecule has 0 aliphatic carbocycles. The molecule has 1 aliphatic heterocycles. The second-order valence-electron chi connectivity index (χ2n) is 8.22. The monoisotopic (exact) mass is 377 g/mol. The van der Waals surface area contributed by atoms with Crippen LogP contribution in [0, 0.1) is 6.92 Å². The SMILES string of the molecule is Cc1nn(-c2ccc(=O)[nH]n2)c2c1C(c1ccc(C(C)(C)C)cc1)CC(=O)N2. The number of amides is 1. The van der Waals surface area contributed by atoms with Crippen LogP contribution in [0.15, 0.2) is 41.2 Å². The van der Waals surface area contributed by atoms with E-state index in [2.05, 4.69) is 65.6 Å². The van der Waals surface area contributed by atoms with Crippen molar-refractivity contribution in [3.05, 3.63) is 69.1 Å². The Kier molecular flexibility index (Phi) is 4.18. The van der Waals surface area contributed by atoms with Crippen molar-refractivity contribution in [3.8, 4) is 5.82 Å². The van der Waals surface area contributed by atoms with Crippen LogP contribution in [0.5, 0.6) is 0 Å². The van der Waals surface area contributed by atoms with Gasteiger partial charge in [-0.3, -0.25) is 9.59 Å². The number of fused-ring (bicyclic) bond motifs is 1. The van der Waals surface area contributed by atoms with Gasteiger partial charge in [0.25, 0.3) is 5.56 Å². The lowest BCUT2D eigenvalue weighted by atomic mass is 9.82. The summed E-state index contributed by atoms with van der Waals surface area (Å²) < 4.78 is 1.58. The minimum absolute atomic E-state index is 0.0667. The van der Waals surface area contributed by atoms with Gasteiger partial charge in [-0.15, -0.1) is 0 Å². The third-order valence-electron chi connectivity index (χ3n) is 5.16. The molecule has 3 aromatic rings. The van der Waals surface area contributed by atoms with Crippen molar-refractivity contribution in [1.82, 2.24) is 20.0 Å². The van der Waals surface area contributed by atoms with Crippen molar-refractivity contribution in [2.75, 3.05) is 5.32 Å². The molecule has 0 saturated carbocycles. The summed E-state index contributed by atoms with van der Waals surface area (Å²) in [4.78, 5) is 23.8. The Morgan fingerprint density at radius 2 is 1.79 bits per heavy atom. The highest BCUT2D eigenvalue weighted by Crippen LogP contribution is 2.40. The molecule has 2 aromatic heterocycles. The number of aromatic amines is 1. The highest BCUT2D eigenvalue weighted by Gasteiger charge is 2.33. The Hall–Kier alpha value is -3.22. The molecule has 1 aromatic carbocycles. The summed E-state index contributed by atoms with van der Waals surface area (Å²) in [5.74, 6) is 0.920. The third kappa shape index (κ3) is 3.13. The number of hydrogen-bond acceptors (Lipinski definition) is 4. The quantitative estimate of drug-likeness (QED) is 0.718. The molecule has 0 fully saturated rings. The number of benzene rings is 1. The van der Waals surface area contributed by atoms with Crippen LogP contribution >= 0.6 is 0 Å². The smallest absolute Gasteiger partial charge is 0.264 e. The standard InChI is InChI=1S/C21H23N5O2/c1-12-19-15(13-5-7-14(8-6-13)21(2,3)4)11-18(28)22-20(19)26(25-12)16-9-10-17(27)24-23-16/h5-10,15H,11H2,1-4H3,(H,22,28)(H,24,27). The molecule has 1 atom stereocenters. The fraction of sp³-hybridized carbons (Fsp3) is 0.333. The fourth-order valence-electron chi connectivity index (χ4n) is 3.67. The lowest BCUT2D eigenvalue weighted by molar-refractivity contribution is -0.116. The lowest BCUT2D eigenvalue weighted by Gasteiger charge is -2.25. The van der Waals surface area contributed by atoms with Crippen LogP contribution in [-0.4, -0.2) is 25.9 Å². The molecule has 0 saturated heterocycles. The molecule has 0 radical (unpaired) electrons. The van der Waals surface area contributed by atoms with Gasteiger partial charge in [-0.05, 0) is 29.5 Å². The zero-order valence-electron chi connectivity index (χ0n) is 16.4. The van der Waals surface area contributed by atoms with E-state index in [1.807, 2.05) is 6.92 Å². The molecule has 0 spiro atoms. The topological polar surface area (TPSA) is 92.7 Å². The van der Waals surface area contributed by atoms with Gasteiger partial charge in [0, 0.05) is 24.0 Å². The molecular formula is C21H23N5O2. The number of anilines is 1. The van der Waals surface area contributed by atoms with E-state index in [1.165, 1.54) is 11.6 Å². The molecule has 1 amide bonds. The summed E-state index contributed by atoms with van der Waals surface area (Å²) in [6, 6.07) is 11.4. The molecule has 28 heavy (non-hydrogen) atoms. The summed E-state index contributed by atoms with van der Waals surface area (Å²) in [6.45, 7) is 8.47. The maximum absolute atomic E-state index is 12.5. The predicted molar refractivity (Wildman–Crippen MR) is 107 cm³/mol. The minimum atomic E-state index is -0.289. The first-order valence-corrected chi connectivity index (χ1v) is 9.30. The molecule has 7 heteroatoms. The van der Waals surface area contributed by atoms with Crippen molar-refractivity contribution >= 4 is 11.7 Å². The Balaban J connectivity index is 1.80. The fourth-order valence-corrected chi connectivity index (χ4v) is 3.67. The van der Waals surface area contributed by atoms with Gasteiger partial charge in [0.15, 0.2) is 5.82 Å². The van der Waals surface area contributed by atoms with Gasteiger partial charge in [-0.25, -0.2) is 5.10 Å². The van der Waals surface area contributed by atoms with Crippen LogP contribution in [-0.2, 0) is 10.2 Å². The Labute approximate surface area is 162 Å². The van der Waals surface area contributed by atoms with E-state index in [4.69, 9.17) is 0 Å². The van der Waals surface area contributed by atoms with E-state index < -0.39 is 0 Å². The second kappa shape index (κ2) is 6.44. The summed E-state index contributed by atoms with van der Waals surface area (Å²) in [5.41, 5.74) is 3.93. The van der Waals surface area contributed by atoms with Crippen molar-refractivity contribution in [1.29, 1.82) is 0 Å². The first-order valence-electron chi connectivity index (χ1n) is 9.30. The third-order valence-corrected chi connectivity index (χ3v) is 5.16. The molecule has 4 rings (SSSR count). The van der Waals surface area contributed by atoms with Crippen molar-refractivity contribution < 1.29 is 4.79 Å². The number of carbonyl (C=O) groups is 1.